The second-order valence-electron chi connectivity index (χ2n) is 6.24. The minimum atomic E-state index is -0.216. The monoisotopic (exact) mass is 395 g/mol. The van der Waals surface area contributed by atoms with Crippen molar-refractivity contribution in [1.82, 2.24) is 19.7 Å². The largest absolute Gasteiger partial charge is 0.508 e. The van der Waals surface area contributed by atoms with Gasteiger partial charge in [0.25, 0.3) is 0 Å². The smallest absolute Gasteiger partial charge is 0.163 e. The molecule has 0 bridgehead atoms. The maximum atomic E-state index is 9.67. The highest BCUT2D eigenvalue weighted by Gasteiger charge is 2.15. The van der Waals surface area contributed by atoms with Gasteiger partial charge in [0.05, 0.1) is 23.5 Å². The van der Waals surface area contributed by atoms with E-state index >= 15 is 0 Å². The van der Waals surface area contributed by atoms with Crippen molar-refractivity contribution < 1.29 is 5.11 Å². The van der Waals surface area contributed by atoms with E-state index in [0.29, 0.717) is 23.8 Å². The summed E-state index contributed by atoms with van der Waals surface area (Å²) in [6.45, 7) is 2.33. The predicted octanol–water partition coefficient (Wildman–Crippen LogP) is 5.20. The Morgan fingerprint density at radius 1 is 1.11 bits per heavy atom. The number of aromatic nitrogens is 4. The van der Waals surface area contributed by atoms with Crippen molar-refractivity contribution in [1.29, 1.82) is 0 Å². The first-order valence-corrected chi connectivity index (χ1v) is 8.99. The molecule has 6 nitrogen and oxygen atoms in total. The van der Waals surface area contributed by atoms with Gasteiger partial charge in [-0.15, -0.1) is 11.6 Å². The van der Waals surface area contributed by atoms with Gasteiger partial charge in [-0.25, -0.2) is 14.6 Å². The summed E-state index contributed by atoms with van der Waals surface area (Å²) < 4.78 is 1.79. The summed E-state index contributed by atoms with van der Waals surface area (Å²) in [5.41, 5.74) is 2.49. The first-order valence-electron chi connectivity index (χ1n) is 8.55. The molecule has 7 heteroatoms. The van der Waals surface area contributed by atoms with Crippen molar-refractivity contribution in [2.24, 2.45) is 0 Å². The van der Waals surface area contributed by atoms with Gasteiger partial charge in [0.1, 0.15) is 17.4 Å². The number of alkyl halides is 1. The molecular formula is C21H22ClN5O. The molecule has 0 aliphatic rings. The van der Waals surface area contributed by atoms with Crippen molar-refractivity contribution >= 4 is 34.1 Å². The van der Waals surface area contributed by atoms with Crippen LogP contribution in [-0.4, -0.2) is 24.9 Å². The van der Waals surface area contributed by atoms with E-state index in [1.54, 1.807) is 29.1 Å². The van der Waals surface area contributed by atoms with Crippen LogP contribution < -0.4 is 5.32 Å². The van der Waals surface area contributed by atoms with Crippen molar-refractivity contribution in [3.8, 4) is 5.75 Å². The maximum absolute atomic E-state index is 9.67. The SMILES string of the molecule is C.Cc1nc(Nc2cccc(O)c2)c2cnn(CC(Cl)c3ccccc3)c2n1. The second kappa shape index (κ2) is 8.27. The molecule has 2 aromatic heterocycles. The number of rotatable bonds is 5. The number of hydrogen-bond donors (Lipinski definition) is 2. The number of fused-ring (bicyclic) bond motifs is 1. The van der Waals surface area contributed by atoms with Gasteiger partial charge >= 0.3 is 0 Å². The Bertz CT molecular complexity index is 1080. The highest BCUT2D eigenvalue weighted by atomic mass is 35.5. The highest BCUT2D eigenvalue weighted by molar-refractivity contribution is 6.20. The van der Waals surface area contributed by atoms with E-state index in [1.807, 2.05) is 43.3 Å². The van der Waals surface area contributed by atoms with E-state index in [-0.39, 0.29) is 18.6 Å². The maximum Gasteiger partial charge on any atom is 0.163 e. The molecule has 2 N–H and O–H groups in total. The van der Waals surface area contributed by atoms with Crippen LogP contribution in [0, 0.1) is 6.92 Å². The summed E-state index contributed by atoms with van der Waals surface area (Å²) in [6.07, 6.45) is 1.73. The normalized spacial score (nSPS) is 11.8. The fourth-order valence-corrected chi connectivity index (χ4v) is 3.21. The average Bonchev–Trinajstić information content (AvgIpc) is 3.05. The van der Waals surface area contributed by atoms with Gasteiger partial charge in [-0.1, -0.05) is 43.8 Å². The van der Waals surface area contributed by atoms with Crippen LogP contribution in [0.25, 0.3) is 11.0 Å². The molecule has 28 heavy (non-hydrogen) atoms. The number of phenolic OH excluding ortho intramolecular Hbond substituents is 1. The van der Waals surface area contributed by atoms with Crippen molar-refractivity contribution in [3.05, 3.63) is 72.2 Å². The zero-order valence-corrected chi connectivity index (χ0v) is 15.4. The topological polar surface area (TPSA) is 75.9 Å². The van der Waals surface area contributed by atoms with Gasteiger partial charge in [-0.05, 0) is 24.6 Å². The summed E-state index contributed by atoms with van der Waals surface area (Å²) in [4.78, 5) is 9.03. The number of nitrogens with zero attached hydrogens (tertiary/aromatic N) is 4. The van der Waals surface area contributed by atoms with Gasteiger partial charge in [0.2, 0.25) is 0 Å². The Balaban J connectivity index is 0.00000225. The molecule has 4 rings (SSSR count). The zero-order valence-electron chi connectivity index (χ0n) is 14.7. The van der Waals surface area contributed by atoms with E-state index in [2.05, 4.69) is 20.4 Å². The zero-order chi connectivity index (χ0) is 18.8. The lowest BCUT2D eigenvalue weighted by Gasteiger charge is -2.11. The number of benzene rings is 2. The quantitative estimate of drug-likeness (QED) is 0.454. The molecule has 2 aromatic carbocycles. The standard InChI is InChI=1S/C20H18ClN5O.CH4/c1-13-23-19(25-15-8-5-9-16(27)10-15)17-11-22-26(20(17)24-13)12-18(21)14-6-3-2-4-7-14;/h2-11,18,27H,12H2,1H3,(H,23,24,25);1H4. The predicted molar refractivity (Wildman–Crippen MR) is 113 cm³/mol. The van der Waals surface area contributed by atoms with E-state index in [0.717, 1.165) is 16.6 Å². The second-order valence-corrected chi connectivity index (χ2v) is 6.76. The first kappa shape index (κ1) is 19.6. The van der Waals surface area contributed by atoms with Crippen LogP contribution in [0.3, 0.4) is 0 Å². The van der Waals surface area contributed by atoms with Crippen LogP contribution in [0.1, 0.15) is 24.2 Å². The van der Waals surface area contributed by atoms with Gasteiger partial charge in [0, 0.05) is 11.8 Å². The van der Waals surface area contributed by atoms with Crippen molar-refractivity contribution in [3.63, 3.8) is 0 Å². The Hall–Kier alpha value is -3.12. The van der Waals surface area contributed by atoms with Crippen LogP contribution in [0.5, 0.6) is 5.75 Å². The van der Waals surface area contributed by atoms with Crippen LogP contribution in [0.15, 0.2) is 60.8 Å². The van der Waals surface area contributed by atoms with Crippen LogP contribution >= 0.6 is 11.6 Å². The minimum Gasteiger partial charge on any atom is -0.508 e. The fourth-order valence-electron chi connectivity index (χ4n) is 2.93. The number of nitrogens with one attached hydrogen (secondary N) is 1. The fraction of sp³-hybridized carbons (Fsp3) is 0.190. The average molecular weight is 396 g/mol. The van der Waals surface area contributed by atoms with Gasteiger partial charge in [-0.2, -0.15) is 5.10 Å². The number of aryl methyl sites for hydroxylation is 1. The van der Waals surface area contributed by atoms with E-state index in [1.165, 1.54) is 0 Å². The molecule has 0 spiro atoms. The summed E-state index contributed by atoms with van der Waals surface area (Å²) in [7, 11) is 0. The Morgan fingerprint density at radius 3 is 2.64 bits per heavy atom. The Kier molecular flexibility index (Phi) is 5.80. The summed E-state index contributed by atoms with van der Waals surface area (Å²) in [6, 6.07) is 16.8. The van der Waals surface area contributed by atoms with Gasteiger partial charge in [0.15, 0.2) is 5.65 Å². The van der Waals surface area contributed by atoms with Crippen molar-refractivity contribution in [2.45, 2.75) is 26.3 Å². The van der Waals surface area contributed by atoms with Gasteiger partial charge < -0.3 is 10.4 Å². The lowest BCUT2D eigenvalue weighted by Crippen LogP contribution is -2.08. The molecule has 0 aliphatic heterocycles. The molecule has 1 atom stereocenters. The third-order valence-electron chi connectivity index (χ3n) is 4.21. The highest BCUT2D eigenvalue weighted by Crippen LogP contribution is 2.28. The van der Waals surface area contributed by atoms with E-state index in [9.17, 15) is 5.11 Å². The third-order valence-corrected chi connectivity index (χ3v) is 4.60. The van der Waals surface area contributed by atoms with Crippen LogP contribution in [0.2, 0.25) is 0 Å². The molecule has 0 amide bonds. The molecule has 0 fully saturated rings. The van der Waals surface area contributed by atoms with Crippen molar-refractivity contribution in [2.75, 3.05) is 5.32 Å². The van der Waals surface area contributed by atoms with E-state index < -0.39 is 0 Å². The number of aromatic hydroxyl groups is 1. The number of halogens is 1. The van der Waals surface area contributed by atoms with Crippen LogP contribution in [-0.2, 0) is 6.54 Å². The molecule has 0 radical (unpaired) electrons. The molecule has 1 unspecified atom stereocenters. The van der Waals surface area contributed by atoms with Crippen LogP contribution in [0.4, 0.5) is 11.5 Å². The molecule has 144 valence electrons. The van der Waals surface area contributed by atoms with E-state index in [4.69, 9.17) is 11.6 Å². The lowest BCUT2D eigenvalue weighted by atomic mass is 10.1. The lowest BCUT2D eigenvalue weighted by molar-refractivity contribution is 0.475. The summed E-state index contributed by atoms with van der Waals surface area (Å²) >= 11 is 6.58. The number of phenols is 1. The Labute approximate surface area is 168 Å². The molecule has 4 aromatic rings. The molecule has 0 saturated heterocycles. The Morgan fingerprint density at radius 2 is 1.89 bits per heavy atom. The first-order chi connectivity index (χ1) is 13.1. The minimum absolute atomic E-state index is 0. The molecular weight excluding hydrogens is 374 g/mol. The molecule has 0 aliphatic carbocycles. The molecule has 0 saturated carbocycles. The number of anilines is 2. The molecule has 2 heterocycles. The number of hydrogen-bond acceptors (Lipinski definition) is 5. The summed E-state index contributed by atoms with van der Waals surface area (Å²) in [5.74, 6) is 1.45. The van der Waals surface area contributed by atoms with Gasteiger partial charge in [-0.3, -0.25) is 0 Å². The summed E-state index contributed by atoms with van der Waals surface area (Å²) in [5, 5.41) is 17.9. The third kappa shape index (κ3) is 4.07.